The van der Waals surface area contributed by atoms with E-state index < -0.39 is 22.1 Å². The first-order chi connectivity index (χ1) is 5.11. The van der Waals surface area contributed by atoms with Gasteiger partial charge in [0.1, 0.15) is 0 Å². The van der Waals surface area contributed by atoms with Crippen LogP contribution >= 0.6 is 0 Å². The zero-order chi connectivity index (χ0) is 8.43. The summed E-state index contributed by atoms with van der Waals surface area (Å²) in [6.45, 7) is 0. The van der Waals surface area contributed by atoms with Gasteiger partial charge in [0.25, 0.3) is 0 Å². The minimum atomic E-state index is -1.46. The van der Waals surface area contributed by atoms with Crippen molar-refractivity contribution < 1.29 is 9.85 Å². The van der Waals surface area contributed by atoms with Gasteiger partial charge in [-0.15, -0.1) is 0 Å². The van der Waals surface area contributed by atoms with E-state index in [4.69, 9.17) is 0 Å². The van der Waals surface area contributed by atoms with Crippen molar-refractivity contribution in [3.05, 3.63) is 20.2 Å². The number of hydrazine groups is 1. The molecular formula is C2H3N5O4. The lowest BCUT2D eigenvalue weighted by atomic mass is 10.9. The normalized spacial score (nSPS) is 22.2. The van der Waals surface area contributed by atoms with Gasteiger partial charge < -0.3 is 10.1 Å². The van der Waals surface area contributed by atoms with Crippen LogP contribution in [0.25, 0.3) is 0 Å². The Bertz CT molecular complexity index is 235. The van der Waals surface area contributed by atoms with Crippen molar-refractivity contribution in [2.45, 2.75) is 6.29 Å². The molecule has 1 atom stereocenters. The smallest absolute Gasteiger partial charge is 0.390 e. The number of rotatable bonds is 1. The Morgan fingerprint density at radius 2 is 2.09 bits per heavy atom. The van der Waals surface area contributed by atoms with Gasteiger partial charge in [-0.2, -0.15) is 5.43 Å². The summed E-state index contributed by atoms with van der Waals surface area (Å²) in [5.74, 6) is -0.647. The van der Waals surface area contributed by atoms with E-state index in [9.17, 15) is 20.2 Å². The number of guanidine groups is 1. The summed E-state index contributed by atoms with van der Waals surface area (Å²) in [4.78, 5) is 21.3. The fourth-order valence-corrected chi connectivity index (χ4v) is 0.502. The molecule has 0 fully saturated rings. The lowest BCUT2D eigenvalue weighted by molar-refractivity contribution is -0.526. The molecule has 2 N–H and O–H groups in total. The van der Waals surface area contributed by atoms with E-state index in [-0.39, 0.29) is 0 Å². The van der Waals surface area contributed by atoms with Crippen molar-refractivity contribution in [1.29, 1.82) is 0 Å². The maximum atomic E-state index is 9.94. The van der Waals surface area contributed by atoms with Crippen molar-refractivity contribution >= 4 is 5.96 Å². The molecule has 1 unspecified atom stereocenters. The summed E-state index contributed by atoms with van der Waals surface area (Å²) in [5.41, 5.74) is 3.94. The zero-order valence-corrected chi connectivity index (χ0v) is 5.05. The molecule has 1 heterocycles. The Morgan fingerprint density at radius 1 is 1.45 bits per heavy atom. The summed E-state index contributed by atoms with van der Waals surface area (Å²) < 4.78 is 0. The van der Waals surface area contributed by atoms with E-state index in [1.54, 1.807) is 0 Å². The van der Waals surface area contributed by atoms with Gasteiger partial charge in [-0.05, 0) is 9.92 Å². The molecule has 0 saturated carbocycles. The second-order valence-corrected chi connectivity index (χ2v) is 1.64. The number of hydrogen-bond donors (Lipinski definition) is 2. The van der Waals surface area contributed by atoms with Crippen LogP contribution in [0.2, 0.25) is 0 Å². The van der Waals surface area contributed by atoms with Crippen LogP contribution in [-0.2, 0) is 0 Å². The van der Waals surface area contributed by atoms with Crippen molar-refractivity contribution in [1.82, 2.24) is 10.9 Å². The Balaban J connectivity index is 2.68. The summed E-state index contributed by atoms with van der Waals surface area (Å²) >= 11 is 0. The predicted octanol–water partition coefficient (Wildman–Crippen LogP) is -1.71. The zero-order valence-electron chi connectivity index (χ0n) is 5.05. The maximum Gasteiger partial charge on any atom is 0.447 e. The second-order valence-electron chi connectivity index (χ2n) is 1.64. The van der Waals surface area contributed by atoms with Crippen molar-refractivity contribution in [3.8, 4) is 0 Å². The fourth-order valence-electron chi connectivity index (χ4n) is 0.502. The largest absolute Gasteiger partial charge is 0.447 e. The lowest BCUT2D eigenvalue weighted by Crippen LogP contribution is -2.40. The molecule has 0 saturated heterocycles. The van der Waals surface area contributed by atoms with Crippen LogP contribution in [0.1, 0.15) is 0 Å². The van der Waals surface area contributed by atoms with E-state index >= 15 is 0 Å². The van der Waals surface area contributed by atoms with E-state index in [1.165, 1.54) is 0 Å². The number of nitrogens with one attached hydrogen (secondary N) is 2. The highest BCUT2D eigenvalue weighted by Gasteiger charge is 2.34. The molecule has 0 spiro atoms. The van der Waals surface area contributed by atoms with Crippen molar-refractivity contribution in [3.63, 3.8) is 0 Å². The van der Waals surface area contributed by atoms with Crippen molar-refractivity contribution in [2.75, 3.05) is 0 Å². The topological polar surface area (TPSA) is 123 Å². The number of hydrogen-bond acceptors (Lipinski definition) is 7. The molecule has 11 heavy (non-hydrogen) atoms. The highest BCUT2D eigenvalue weighted by molar-refractivity contribution is 5.72. The van der Waals surface area contributed by atoms with Gasteiger partial charge in [-0.25, -0.2) is 0 Å². The predicted molar refractivity (Wildman–Crippen MR) is 31.5 cm³/mol. The average Bonchev–Trinajstić information content (AvgIpc) is 2.33. The minimum absolute atomic E-state index is 0.647. The standard InChI is InChI=1S/C2H3N5O4/c8-6(9)1-3-2(5-4-1)7(10)11/h1,4H,(H,3,5). The first kappa shape index (κ1) is 7.34. The Kier molecular flexibility index (Phi) is 1.64. The van der Waals surface area contributed by atoms with Gasteiger partial charge in [0.2, 0.25) is 0 Å². The Morgan fingerprint density at radius 3 is 2.36 bits per heavy atom. The molecule has 1 aliphatic heterocycles. The van der Waals surface area contributed by atoms with Crippen LogP contribution in [0, 0.1) is 20.2 Å². The summed E-state index contributed by atoms with van der Waals surface area (Å²) in [5, 5.41) is 19.9. The van der Waals surface area contributed by atoms with E-state index in [0.717, 1.165) is 0 Å². The second kappa shape index (κ2) is 2.46. The van der Waals surface area contributed by atoms with Gasteiger partial charge >= 0.3 is 12.2 Å². The molecule has 0 aromatic carbocycles. The number of aliphatic imine (C=N–C) groups is 1. The van der Waals surface area contributed by atoms with Crippen LogP contribution in [0.5, 0.6) is 0 Å². The monoisotopic (exact) mass is 161 g/mol. The lowest BCUT2D eigenvalue weighted by Gasteiger charge is -1.91. The first-order valence-electron chi connectivity index (χ1n) is 2.48. The summed E-state index contributed by atoms with van der Waals surface area (Å²) in [7, 11) is 0. The molecule has 9 heteroatoms. The third-order valence-corrected chi connectivity index (χ3v) is 0.930. The Labute approximate surface area is 59.4 Å². The van der Waals surface area contributed by atoms with E-state index in [0.29, 0.717) is 0 Å². The molecule has 1 aliphatic rings. The SMILES string of the molecule is O=[N+]([O-])C1=NC([N+](=O)[O-])NN1. The molecule has 0 amide bonds. The highest BCUT2D eigenvalue weighted by atomic mass is 16.6. The highest BCUT2D eigenvalue weighted by Crippen LogP contribution is 1.93. The van der Waals surface area contributed by atoms with Crippen LogP contribution in [-0.4, -0.2) is 22.1 Å². The average molecular weight is 161 g/mol. The molecule has 1 rings (SSSR count). The molecule has 0 bridgehead atoms. The molecular weight excluding hydrogens is 158 g/mol. The van der Waals surface area contributed by atoms with Crippen LogP contribution in [0.4, 0.5) is 0 Å². The molecule has 0 aromatic rings. The van der Waals surface area contributed by atoms with Crippen molar-refractivity contribution in [2.24, 2.45) is 4.99 Å². The summed E-state index contributed by atoms with van der Waals surface area (Å²) in [6.07, 6.45) is -1.46. The first-order valence-corrected chi connectivity index (χ1v) is 2.48. The molecule has 0 radical (unpaired) electrons. The third kappa shape index (κ3) is 1.38. The minimum Gasteiger partial charge on any atom is -0.390 e. The van der Waals surface area contributed by atoms with Gasteiger partial charge in [0.15, 0.2) is 0 Å². The van der Waals surface area contributed by atoms with Crippen LogP contribution in [0.15, 0.2) is 4.99 Å². The van der Waals surface area contributed by atoms with Gasteiger partial charge in [0, 0.05) is 0 Å². The molecule has 0 aliphatic carbocycles. The van der Waals surface area contributed by atoms with Gasteiger partial charge in [0.05, 0.1) is 4.92 Å². The quantitative estimate of drug-likeness (QED) is 0.348. The number of nitrogens with zero attached hydrogens (tertiary/aromatic N) is 3. The van der Waals surface area contributed by atoms with Gasteiger partial charge in [-0.1, -0.05) is 5.43 Å². The van der Waals surface area contributed by atoms with Gasteiger partial charge in [-0.3, -0.25) is 10.1 Å². The van der Waals surface area contributed by atoms with E-state index in [2.05, 4.69) is 4.99 Å². The Hall–Kier alpha value is -1.77. The fraction of sp³-hybridized carbons (Fsp3) is 0.500. The van der Waals surface area contributed by atoms with Crippen LogP contribution in [0.3, 0.4) is 0 Å². The number of nitro groups is 2. The van der Waals surface area contributed by atoms with Crippen LogP contribution < -0.4 is 10.9 Å². The maximum absolute atomic E-state index is 9.94. The molecule has 9 nitrogen and oxygen atoms in total. The third-order valence-electron chi connectivity index (χ3n) is 0.930. The molecule has 60 valence electrons. The summed E-state index contributed by atoms with van der Waals surface area (Å²) in [6, 6.07) is 0. The molecule has 0 aromatic heterocycles. The van der Waals surface area contributed by atoms with E-state index in [1.807, 2.05) is 10.9 Å².